The summed E-state index contributed by atoms with van der Waals surface area (Å²) in [6, 6.07) is 0. The number of rotatable bonds is 6. The van der Waals surface area contributed by atoms with Gasteiger partial charge in [0.2, 0.25) is 0 Å². The first-order valence-electron chi connectivity index (χ1n) is 9.10. The lowest BCUT2D eigenvalue weighted by Gasteiger charge is -2.58. The number of allylic oxidation sites excluding steroid dienone is 2. The molecule has 2 heteroatoms. The van der Waals surface area contributed by atoms with Crippen LogP contribution in [0.3, 0.4) is 0 Å². The minimum atomic E-state index is 0.143. The van der Waals surface area contributed by atoms with Crippen molar-refractivity contribution in [2.75, 3.05) is 6.61 Å². The highest BCUT2D eigenvalue weighted by molar-refractivity contribution is 5.49. The van der Waals surface area contributed by atoms with Gasteiger partial charge < -0.3 is 9.90 Å². The molecule has 0 aliphatic heterocycles. The fraction of sp³-hybridized carbons (Fsp3) is 0.850. The lowest BCUT2D eigenvalue weighted by atomic mass is 9.47. The van der Waals surface area contributed by atoms with Crippen LogP contribution < -0.4 is 0 Å². The minimum Gasteiger partial charge on any atom is -0.396 e. The van der Waals surface area contributed by atoms with Gasteiger partial charge in [-0.2, -0.15) is 0 Å². The van der Waals surface area contributed by atoms with Crippen molar-refractivity contribution in [3.05, 3.63) is 11.6 Å². The molecule has 0 aromatic heterocycles. The van der Waals surface area contributed by atoms with Crippen molar-refractivity contribution in [1.82, 2.24) is 0 Å². The van der Waals surface area contributed by atoms with Gasteiger partial charge in [-0.15, -0.1) is 0 Å². The van der Waals surface area contributed by atoms with Gasteiger partial charge >= 0.3 is 0 Å². The van der Waals surface area contributed by atoms with Crippen LogP contribution in [0.15, 0.2) is 11.6 Å². The van der Waals surface area contributed by atoms with E-state index in [1.807, 2.05) is 0 Å². The maximum absolute atomic E-state index is 10.8. The van der Waals surface area contributed by atoms with E-state index in [-0.39, 0.29) is 12.5 Å². The third-order valence-corrected chi connectivity index (χ3v) is 7.37. The first-order valence-corrected chi connectivity index (χ1v) is 9.10. The van der Waals surface area contributed by atoms with Gasteiger partial charge in [-0.1, -0.05) is 32.4 Å². The molecular formula is C20H34O2. The van der Waals surface area contributed by atoms with E-state index < -0.39 is 0 Å². The fourth-order valence-corrected chi connectivity index (χ4v) is 5.27. The van der Waals surface area contributed by atoms with Crippen molar-refractivity contribution >= 4 is 6.29 Å². The van der Waals surface area contributed by atoms with Crippen molar-refractivity contribution in [2.45, 2.75) is 72.6 Å². The number of fused-ring (bicyclic) bond motifs is 1. The van der Waals surface area contributed by atoms with Crippen LogP contribution in [0.4, 0.5) is 0 Å². The normalized spacial score (nSPS) is 39.8. The van der Waals surface area contributed by atoms with Gasteiger partial charge in [-0.05, 0) is 74.0 Å². The second-order valence-corrected chi connectivity index (χ2v) is 8.37. The topological polar surface area (TPSA) is 37.3 Å². The Morgan fingerprint density at radius 1 is 1.41 bits per heavy atom. The summed E-state index contributed by atoms with van der Waals surface area (Å²) in [5.74, 6) is 1.62. The number of aldehydes is 1. The van der Waals surface area contributed by atoms with Crippen LogP contribution in [0.25, 0.3) is 0 Å². The highest BCUT2D eigenvalue weighted by Crippen LogP contribution is 2.61. The quantitative estimate of drug-likeness (QED) is 0.567. The molecule has 1 fully saturated rings. The van der Waals surface area contributed by atoms with Crippen molar-refractivity contribution in [1.29, 1.82) is 0 Å². The second-order valence-electron chi connectivity index (χ2n) is 8.37. The number of aliphatic hydroxyl groups is 1. The summed E-state index contributed by atoms with van der Waals surface area (Å²) in [6.07, 6.45) is 11.2. The predicted molar refractivity (Wildman–Crippen MR) is 91.6 cm³/mol. The van der Waals surface area contributed by atoms with Gasteiger partial charge in [0.15, 0.2) is 0 Å². The highest BCUT2D eigenvalue weighted by atomic mass is 16.3. The molecule has 5 unspecified atom stereocenters. The van der Waals surface area contributed by atoms with Gasteiger partial charge in [0.05, 0.1) is 0 Å². The Kier molecular flexibility index (Phi) is 5.53. The molecule has 126 valence electrons. The molecular weight excluding hydrogens is 272 g/mol. The molecule has 0 saturated heterocycles. The summed E-state index contributed by atoms with van der Waals surface area (Å²) in [5, 5.41) is 9.49. The van der Waals surface area contributed by atoms with Crippen LogP contribution in [-0.4, -0.2) is 18.0 Å². The Bertz CT molecular complexity index is 427. The van der Waals surface area contributed by atoms with E-state index in [1.165, 1.54) is 25.7 Å². The van der Waals surface area contributed by atoms with Crippen molar-refractivity contribution in [2.24, 2.45) is 28.6 Å². The maximum atomic E-state index is 10.8. The molecule has 0 amide bonds. The Labute approximate surface area is 136 Å². The van der Waals surface area contributed by atoms with E-state index in [9.17, 15) is 9.90 Å². The first kappa shape index (κ1) is 17.7. The first-order chi connectivity index (χ1) is 10.4. The average Bonchev–Trinajstić information content (AvgIpc) is 2.50. The smallest absolute Gasteiger partial charge is 0.120 e. The van der Waals surface area contributed by atoms with E-state index in [4.69, 9.17) is 0 Å². The molecule has 0 spiro atoms. The molecule has 5 atom stereocenters. The van der Waals surface area contributed by atoms with E-state index in [2.05, 4.69) is 33.8 Å². The maximum Gasteiger partial charge on any atom is 0.120 e. The van der Waals surface area contributed by atoms with Gasteiger partial charge in [0.1, 0.15) is 6.29 Å². The van der Waals surface area contributed by atoms with Gasteiger partial charge in [-0.25, -0.2) is 0 Å². The SMILES string of the molecule is CC1=CCCC2C1(C)CCC(C)C2(C)CCC(CO)CC=O. The molecule has 0 aromatic carbocycles. The van der Waals surface area contributed by atoms with E-state index >= 15 is 0 Å². The molecule has 2 nitrogen and oxygen atoms in total. The van der Waals surface area contributed by atoms with Crippen LogP contribution in [0.5, 0.6) is 0 Å². The van der Waals surface area contributed by atoms with Crippen LogP contribution in [-0.2, 0) is 4.79 Å². The molecule has 2 rings (SSSR count). The molecule has 2 aliphatic rings. The van der Waals surface area contributed by atoms with Crippen LogP contribution in [0.2, 0.25) is 0 Å². The molecule has 0 radical (unpaired) electrons. The summed E-state index contributed by atoms with van der Waals surface area (Å²) >= 11 is 0. The lowest BCUT2D eigenvalue weighted by Crippen LogP contribution is -2.49. The monoisotopic (exact) mass is 306 g/mol. The number of hydrogen-bond donors (Lipinski definition) is 1. The van der Waals surface area contributed by atoms with E-state index in [0.29, 0.717) is 17.3 Å². The summed E-state index contributed by atoms with van der Waals surface area (Å²) in [4.78, 5) is 10.8. The Hall–Kier alpha value is -0.630. The summed E-state index contributed by atoms with van der Waals surface area (Å²) in [7, 11) is 0. The summed E-state index contributed by atoms with van der Waals surface area (Å²) in [6.45, 7) is 9.84. The molecule has 0 aromatic rings. The van der Waals surface area contributed by atoms with Crippen molar-refractivity contribution < 1.29 is 9.90 Å². The zero-order valence-electron chi connectivity index (χ0n) is 14.9. The minimum absolute atomic E-state index is 0.143. The standard InChI is InChI=1S/C20H34O2/c1-15-6-5-7-18-19(15,3)11-8-16(2)20(18,4)12-9-17(14-22)10-13-21/h6,13,16-18,22H,5,7-12,14H2,1-4H3. The Balaban J connectivity index is 2.18. The molecule has 2 aliphatic carbocycles. The molecule has 1 saturated carbocycles. The molecule has 22 heavy (non-hydrogen) atoms. The van der Waals surface area contributed by atoms with Crippen molar-refractivity contribution in [3.8, 4) is 0 Å². The molecule has 0 bridgehead atoms. The molecule has 1 N–H and O–H groups in total. The predicted octanol–water partition coefficient (Wildman–Crippen LogP) is 4.76. The lowest BCUT2D eigenvalue weighted by molar-refractivity contribution is -0.109. The van der Waals surface area contributed by atoms with Gasteiger partial charge in [-0.3, -0.25) is 0 Å². The fourth-order valence-electron chi connectivity index (χ4n) is 5.27. The van der Waals surface area contributed by atoms with Crippen LogP contribution in [0, 0.1) is 28.6 Å². The average molecular weight is 306 g/mol. The van der Waals surface area contributed by atoms with Crippen molar-refractivity contribution in [3.63, 3.8) is 0 Å². The Morgan fingerprint density at radius 2 is 2.14 bits per heavy atom. The van der Waals surface area contributed by atoms with E-state index in [0.717, 1.165) is 31.0 Å². The highest BCUT2D eigenvalue weighted by Gasteiger charge is 2.52. The molecule has 0 heterocycles. The zero-order chi connectivity index (χ0) is 16.4. The van der Waals surface area contributed by atoms with Crippen LogP contribution in [0.1, 0.15) is 72.6 Å². The largest absolute Gasteiger partial charge is 0.396 e. The third-order valence-electron chi connectivity index (χ3n) is 7.37. The van der Waals surface area contributed by atoms with Gasteiger partial charge in [0.25, 0.3) is 0 Å². The van der Waals surface area contributed by atoms with E-state index in [1.54, 1.807) is 5.57 Å². The third kappa shape index (κ3) is 3.04. The van der Waals surface area contributed by atoms with Crippen LogP contribution >= 0.6 is 0 Å². The number of carbonyl (C=O) groups excluding carboxylic acids is 1. The number of hydrogen-bond acceptors (Lipinski definition) is 2. The summed E-state index contributed by atoms with van der Waals surface area (Å²) < 4.78 is 0. The van der Waals surface area contributed by atoms with Gasteiger partial charge in [0, 0.05) is 13.0 Å². The number of carbonyl (C=O) groups is 1. The number of aliphatic hydroxyl groups excluding tert-OH is 1. The second kappa shape index (κ2) is 6.86. The zero-order valence-corrected chi connectivity index (χ0v) is 14.9. The summed E-state index contributed by atoms with van der Waals surface area (Å²) in [5.41, 5.74) is 2.28. The Morgan fingerprint density at radius 3 is 2.77 bits per heavy atom.